The number of aryl methyl sites for hydroxylation is 1. The van der Waals surface area contributed by atoms with E-state index in [9.17, 15) is 9.18 Å². The van der Waals surface area contributed by atoms with Crippen LogP contribution < -0.4 is 0 Å². The maximum absolute atomic E-state index is 12.6. The molecule has 0 saturated carbocycles. The van der Waals surface area contributed by atoms with Crippen LogP contribution in [-0.4, -0.2) is 17.8 Å². The first kappa shape index (κ1) is 10.7. The zero-order chi connectivity index (χ0) is 10.6. The smallest absolute Gasteiger partial charge is 0.304 e. The van der Waals surface area contributed by atoms with Gasteiger partial charge in [0.1, 0.15) is 0 Å². The third-order valence-corrected chi connectivity index (χ3v) is 2.12. The van der Waals surface area contributed by atoms with Crippen molar-refractivity contribution in [1.82, 2.24) is 0 Å². The van der Waals surface area contributed by atoms with Crippen LogP contribution in [0, 0.1) is 6.92 Å². The van der Waals surface area contributed by atoms with E-state index in [-0.39, 0.29) is 6.42 Å². The van der Waals surface area contributed by atoms with Crippen molar-refractivity contribution in [1.29, 1.82) is 0 Å². The molecular formula is C11H13FO2. The van der Waals surface area contributed by atoms with Crippen LogP contribution in [0.5, 0.6) is 0 Å². The zero-order valence-electron chi connectivity index (χ0n) is 8.03. The molecule has 0 aliphatic carbocycles. The molecule has 0 aromatic heterocycles. The van der Waals surface area contributed by atoms with Crippen molar-refractivity contribution in [3.05, 3.63) is 35.4 Å². The molecule has 0 aliphatic rings. The maximum Gasteiger partial charge on any atom is 0.304 e. The molecule has 0 heterocycles. The average Bonchev–Trinajstić information content (AvgIpc) is 2.14. The number of rotatable bonds is 4. The van der Waals surface area contributed by atoms with Crippen molar-refractivity contribution in [2.75, 3.05) is 6.67 Å². The van der Waals surface area contributed by atoms with E-state index in [4.69, 9.17) is 5.11 Å². The highest BCUT2D eigenvalue weighted by molar-refractivity contribution is 5.68. The van der Waals surface area contributed by atoms with Gasteiger partial charge in [-0.2, -0.15) is 0 Å². The molecule has 0 spiro atoms. The summed E-state index contributed by atoms with van der Waals surface area (Å²) in [6.07, 6.45) is -0.153. The predicted octanol–water partition coefficient (Wildman–Crippen LogP) is 2.52. The number of aliphatic carboxylic acids is 1. The van der Waals surface area contributed by atoms with E-state index in [1.807, 2.05) is 25.1 Å². The van der Waals surface area contributed by atoms with E-state index in [0.29, 0.717) is 0 Å². The number of hydrogen-bond donors (Lipinski definition) is 1. The first-order chi connectivity index (χ1) is 6.63. The van der Waals surface area contributed by atoms with Gasteiger partial charge in [0, 0.05) is 5.92 Å². The topological polar surface area (TPSA) is 37.3 Å². The normalized spacial score (nSPS) is 12.4. The summed E-state index contributed by atoms with van der Waals surface area (Å²) >= 11 is 0. The summed E-state index contributed by atoms with van der Waals surface area (Å²) in [7, 11) is 0. The molecular weight excluding hydrogens is 183 g/mol. The fourth-order valence-electron chi connectivity index (χ4n) is 1.40. The molecule has 1 unspecified atom stereocenters. The second kappa shape index (κ2) is 4.74. The van der Waals surface area contributed by atoms with Gasteiger partial charge in [0.2, 0.25) is 0 Å². The Balaban J connectivity index is 2.83. The van der Waals surface area contributed by atoms with Crippen molar-refractivity contribution < 1.29 is 14.3 Å². The fourth-order valence-corrected chi connectivity index (χ4v) is 1.40. The minimum atomic E-state index is -0.964. The molecule has 3 heteroatoms. The van der Waals surface area contributed by atoms with Crippen molar-refractivity contribution in [2.45, 2.75) is 19.3 Å². The lowest BCUT2D eigenvalue weighted by Crippen LogP contribution is -2.08. The Morgan fingerprint density at radius 1 is 1.57 bits per heavy atom. The number of carboxylic acids is 1. The summed E-state index contributed by atoms with van der Waals surface area (Å²) in [6.45, 7) is 1.27. The molecule has 14 heavy (non-hydrogen) atoms. The van der Waals surface area contributed by atoms with Crippen molar-refractivity contribution >= 4 is 5.97 Å². The molecule has 1 N–H and O–H groups in total. The summed E-state index contributed by atoms with van der Waals surface area (Å²) in [6, 6.07) is 7.31. The lowest BCUT2D eigenvalue weighted by molar-refractivity contribution is -0.137. The van der Waals surface area contributed by atoms with Crippen molar-refractivity contribution in [3.63, 3.8) is 0 Å². The monoisotopic (exact) mass is 196 g/mol. The Hall–Kier alpha value is -1.38. The van der Waals surface area contributed by atoms with Gasteiger partial charge in [-0.15, -0.1) is 0 Å². The predicted molar refractivity (Wildman–Crippen MR) is 52.1 cm³/mol. The van der Waals surface area contributed by atoms with Gasteiger partial charge < -0.3 is 5.11 Å². The van der Waals surface area contributed by atoms with Crippen LogP contribution in [0.1, 0.15) is 23.5 Å². The number of alkyl halides is 1. The van der Waals surface area contributed by atoms with Crippen LogP contribution in [0.15, 0.2) is 24.3 Å². The van der Waals surface area contributed by atoms with Crippen LogP contribution in [-0.2, 0) is 4.79 Å². The quantitative estimate of drug-likeness (QED) is 0.803. The second-order valence-electron chi connectivity index (χ2n) is 3.36. The zero-order valence-corrected chi connectivity index (χ0v) is 8.03. The largest absolute Gasteiger partial charge is 0.481 e. The Labute approximate surface area is 82.4 Å². The van der Waals surface area contributed by atoms with E-state index >= 15 is 0 Å². The Kier molecular flexibility index (Phi) is 3.63. The highest BCUT2D eigenvalue weighted by Crippen LogP contribution is 2.21. The van der Waals surface area contributed by atoms with Crippen LogP contribution in [0.2, 0.25) is 0 Å². The molecule has 1 aromatic carbocycles. The van der Waals surface area contributed by atoms with Gasteiger partial charge in [-0.25, -0.2) is 0 Å². The van der Waals surface area contributed by atoms with Gasteiger partial charge >= 0.3 is 5.97 Å². The highest BCUT2D eigenvalue weighted by Gasteiger charge is 2.15. The van der Waals surface area contributed by atoms with E-state index in [1.54, 1.807) is 6.07 Å². The van der Waals surface area contributed by atoms with E-state index in [2.05, 4.69) is 0 Å². The molecule has 0 radical (unpaired) electrons. The number of carboxylic acid groups (broad SMARTS) is 1. The first-order valence-corrected chi connectivity index (χ1v) is 4.48. The highest BCUT2D eigenvalue weighted by atomic mass is 19.1. The number of hydrogen-bond acceptors (Lipinski definition) is 1. The SMILES string of the molecule is Cc1cccc(C(CF)CC(=O)O)c1. The Morgan fingerprint density at radius 2 is 2.29 bits per heavy atom. The summed E-state index contributed by atoms with van der Waals surface area (Å²) in [5.41, 5.74) is 1.78. The van der Waals surface area contributed by atoms with Gasteiger partial charge in [0.25, 0.3) is 0 Å². The Morgan fingerprint density at radius 3 is 2.79 bits per heavy atom. The summed E-state index contributed by atoms with van der Waals surface area (Å²) < 4.78 is 12.6. The van der Waals surface area contributed by atoms with E-state index in [0.717, 1.165) is 11.1 Å². The maximum atomic E-state index is 12.6. The van der Waals surface area contributed by atoms with Crippen LogP contribution in [0.25, 0.3) is 0 Å². The number of halogens is 1. The van der Waals surface area contributed by atoms with Crippen LogP contribution in [0.3, 0.4) is 0 Å². The van der Waals surface area contributed by atoms with Gasteiger partial charge in [0.15, 0.2) is 0 Å². The van der Waals surface area contributed by atoms with Gasteiger partial charge in [0.05, 0.1) is 13.1 Å². The second-order valence-corrected chi connectivity index (χ2v) is 3.36. The van der Waals surface area contributed by atoms with Gasteiger partial charge in [-0.3, -0.25) is 9.18 Å². The summed E-state index contributed by atoms with van der Waals surface area (Å²) in [4.78, 5) is 10.5. The molecule has 0 fully saturated rings. The minimum Gasteiger partial charge on any atom is -0.481 e. The molecule has 1 atom stereocenters. The molecule has 0 saturated heterocycles. The molecule has 1 rings (SSSR count). The molecule has 1 aromatic rings. The molecule has 0 amide bonds. The molecule has 2 nitrogen and oxygen atoms in total. The van der Waals surface area contributed by atoms with Crippen LogP contribution >= 0.6 is 0 Å². The third-order valence-electron chi connectivity index (χ3n) is 2.12. The summed E-state index contributed by atoms with van der Waals surface area (Å²) in [5.74, 6) is -1.48. The van der Waals surface area contributed by atoms with Gasteiger partial charge in [-0.05, 0) is 12.5 Å². The molecule has 0 bridgehead atoms. The van der Waals surface area contributed by atoms with Crippen LogP contribution in [0.4, 0.5) is 4.39 Å². The van der Waals surface area contributed by atoms with Crippen molar-refractivity contribution in [2.24, 2.45) is 0 Å². The van der Waals surface area contributed by atoms with E-state index in [1.165, 1.54) is 0 Å². The standard InChI is InChI=1S/C11H13FO2/c1-8-3-2-4-9(5-8)10(7-12)6-11(13)14/h2-5,10H,6-7H2,1H3,(H,13,14). The summed E-state index contributed by atoms with van der Waals surface area (Å²) in [5, 5.41) is 8.58. The average molecular weight is 196 g/mol. The minimum absolute atomic E-state index is 0.153. The number of carbonyl (C=O) groups is 1. The molecule has 76 valence electrons. The lowest BCUT2D eigenvalue weighted by atomic mass is 9.96. The van der Waals surface area contributed by atoms with E-state index < -0.39 is 18.6 Å². The first-order valence-electron chi connectivity index (χ1n) is 4.48. The fraction of sp³-hybridized carbons (Fsp3) is 0.364. The Bertz CT molecular complexity index is 323. The van der Waals surface area contributed by atoms with Gasteiger partial charge in [-0.1, -0.05) is 29.8 Å². The molecule has 0 aliphatic heterocycles. The van der Waals surface area contributed by atoms with Crippen molar-refractivity contribution in [3.8, 4) is 0 Å². The third kappa shape index (κ3) is 2.83. The lowest BCUT2D eigenvalue weighted by Gasteiger charge is -2.11. The number of benzene rings is 1.